The van der Waals surface area contributed by atoms with Crippen LogP contribution in [0.2, 0.25) is 0 Å². The molecule has 0 aromatic carbocycles. The van der Waals surface area contributed by atoms with Gasteiger partial charge < -0.3 is 9.53 Å². The topological polar surface area (TPSA) is 26.3 Å². The van der Waals surface area contributed by atoms with E-state index in [-0.39, 0.29) is 5.92 Å². The van der Waals surface area contributed by atoms with Crippen molar-refractivity contribution in [3.8, 4) is 0 Å². The van der Waals surface area contributed by atoms with E-state index in [1.54, 1.807) is 0 Å². The Morgan fingerprint density at radius 3 is 1.90 bits per heavy atom. The average molecular weight is 421 g/mol. The predicted octanol–water partition coefficient (Wildman–Crippen LogP) is 7.94. The molecule has 0 spiro atoms. The quantitative estimate of drug-likeness (QED) is 0.283. The molecular formula is C28H52O2. The molecule has 176 valence electrons. The summed E-state index contributed by atoms with van der Waals surface area (Å²) in [5, 5.41) is 0. The highest BCUT2D eigenvalue weighted by Crippen LogP contribution is 2.44. The highest BCUT2D eigenvalue weighted by molar-refractivity contribution is 5.54. The van der Waals surface area contributed by atoms with Crippen molar-refractivity contribution in [2.45, 2.75) is 111 Å². The Labute approximate surface area is 188 Å². The standard InChI is InChI=1S/C28H52O2/c1-6-23(20-30-5)26(24-13-9-7-10-14-24)18-17-22(4)28(27(19-29)21(2)3)25-15-11-8-12-16-25/h19,21-28H,6-18,20H2,1-5H3. The maximum Gasteiger partial charge on any atom is 0.123 e. The summed E-state index contributed by atoms with van der Waals surface area (Å²) < 4.78 is 5.66. The summed E-state index contributed by atoms with van der Waals surface area (Å²) in [4.78, 5) is 12.1. The number of aldehydes is 1. The monoisotopic (exact) mass is 420 g/mol. The van der Waals surface area contributed by atoms with Crippen LogP contribution in [0.3, 0.4) is 0 Å². The molecule has 0 aromatic heterocycles. The van der Waals surface area contributed by atoms with Gasteiger partial charge >= 0.3 is 0 Å². The second-order valence-corrected chi connectivity index (χ2v) is 11.2. The van der Waals surface area contributed by atoms with Gasteiger partial charge in [0, 0.05) is 19.6 Å². The summed E-state index contributed by atoms with van der Waals surface area (Å²) in [6, 6.07) is 0. The molecule has 2 fully saturated rings. The Balaban J connectivity index is 2.11. The van der Waals surface area contributed by atoms with Gasteiger partial charge in [-0.25, -0.2) is 0 Å². The maximum absolute atomic E-state index is 12.1. The number of rotatable bonds is 13. The lowest BCUT2D eigenvalue weighted by molar-refractivity contribution is -0.116. The van der Waals surface area contributed by atoms with Crippen LogP contribution in [-0.2, 0) is 9.53 Å². The van der Waals surface area contributed by atoms with Gasteiger partial charge in [0.1, 0.15) is 6.29 Å². The second kappa shape index (κ2) is 13.9. The molecule has 2 aliphatic rings. The minimum atomic E-state index is 0.233. The molecule has 2 heteroatoms. The summed E-state index contributed by atoms with van der Waals surface area (Å²) in [5.41, 5.74) is 0. The molecule has 0 bridgehead atoms. The number of methoxy groups -OCH3 is 1. The maximum atomic E-state index is 12.1. The molecule has 0 N–H and O–H groups in total. The van der Waals surface area contributed by atoms with Gasteiger partial charge in [0.05, 0.1) is 0 Å². The first-order chi connectivity index (χ1) is 14.5. The molecule has 0 radical (unpaired) electrons. The van der Waals surface area contributed by atoms with Crippen LogP contribution in [0.4, 0.5) is 0 Å². The Bertz CT molecular complexity index is 443. The van der Waals surface area contributed by atoms with Crippen molar-refractivity contribution in [2.24, 2.45) is 47.3 Å². The molecule has 0 aliphatic heterocycles. The van der Waals surface area contributed by atoms with Crippen molar-refractivity contribution in [1.29, 1.82) is 0 Å². The molecule has 30 heavy (non-hydrogen) atoms. The van der Waals surface area contributed by atoms with E-state index in [1.165, 1.54) is 89.8 Å². The number of hydrogen-bond donors (Lipinski definition) is 0. The summed E-state index contributed by atoms with van der Waals surface area (Å²) >= 11 is 0. The van der Waals surface area contributed by atoms with Crippen LogP contribution < -0.4 is 0 Å². The summed E-state index contributed by atoms with van der Waals surface area (Å²) in [6.45, 7) is 10.3. The van der Waals surface area contributed by atoms with Crippen molar-refractivity contribution in [1.82, 2.24) is 0 Å². The van der Waals surface area contributed by atoms with E-state index in [1.807, 2.05) is 7.11 Å². The lowest BCUT2D eigenvalue weighted by Gasteiger charge is -2.41. The van der Waals surface area contributed by atoms with Gasteiger partial charge in [0.2, 0.25) is 0 Å². The molecule has 2 rings (SSSR count). The van der Waals surface area contributed by atoms with E-state index in [9.17, 15) is 4.79 Å². The van der Waals surface area contributed by atoms with Crippen molar-refractivity contribution in [2.75, 3.05) is 13.7 Å². The van der Waals surface area contributed by atoms with Gasteiger partial charge in [-0.1, -0.05) is 105 Å². The first-order valence-electron chi connectivity index (χ1n) is 13.5. The van der Waals surface area contributed by atoms with Crippen LogP contribution in [0, 0.1) is 47.3 Å². The summed E-state index contributed by atoms with van der Waals surface area (Å²) in [6.07, 6.45) is 19.1. The minimum Gasteiger partial charge on any atom is -0.384 e. The Morgan fingerprint density at radius 1 is 0.867 bits per heavy atom. The van der Waals surface area contributed by atoms with Crippen LogP contribution in [0.15, 0.2) is 0 Å². The van der Waals surface area contributed by atoms with Crippen molar-refractivity contribution in [3.63, 3.8) is 0 Å². The zero-order valence-electron chi connectivity index (χ0n) is 20.9. The summed E-state index contributed by atoms with van der Waals surface area (Å²) in [7, 11) is 1.87. The highest BCUT2D eigenvalue weighted by atomic mass is 16.5. The molecule has 0 saturated heterocycles. The average Bonchev–Trinajstić information content (AvgIpc) is 2.77. The Morgan fingerprint density at radius 2 is 1.43 bits per heavy atom. The third kappa shape index (κ3) is 7.35. The SMILES string of the molecule is CCC(COC)C(CCC(C)C(C1CCCCC1)C(C=O)C(C)C)C1CCCCC1. The van der Waals surface area contributed by atoms with Crippen molar-refractivity contribution in [3.05, 3.63) is 0 Å². The number of ether oxygens (including phenoxy) is 1. The van der Waals surface area contributed by atoms with E-state index < -0.39 is 0 Å². The fourth-order valence-corrected chi connectivity index (χ4v) is 7.19. The van der Waals surface area contributed by atoms with Gasteiger partial charge in [0.25, 0.3) is 0 Å². The van der Waals surface area contributed by atoms with Crippen LogP contribution in [-0.4, -0.2) is 20.0 Å². The number of carbonyl (C=O) groups excluding carboxylic acids is 1. The number of hydrogen-bond acceptors (Lipinski definition) is 2. The van der Waals surface area contributed by atoms with Crippen LogP contribution in [0.1, 0.15) is 111 Å². The largest absolute Gasteiger partial charge is 0.384 e. The van der Waals surface area contributed by atoms with E-state index in [0.29, 0.717) is 23.7 Å². The molecule has 2 saturated carbocycles. The smallest absolute Gasteiger partial charge is 0.123 e. The highest BCUT2D eigenvalue weighted by Gasteiger charge is 2.37. The number of carbonyl (C=O) groups is 1. The van der Waals surface area contributed by atoms with Crippen molar-refractivity contribution < 1.29 is 9.53 Å². The zero-order chi connectivity index (χ0) is 21.9. The molecule has 5 unspecified atom stereocenters. The van der Waals surface area contributed by atoms with Crippen LogP contribution >= 0.6 is 0 Å². The molecular weight excluding hydrogens is 368 g/mol. The molecule has 0 heterocycles. The third-order valence-corrected chi connectivity index (χ3v) is 8.94. The zero-order valence-corrected chi connectivity index (χ0v) is 20.9. The van der Waals surface area contributed by atoms with Gasteiger partial charge in [-0.15, -0.1) is 0 Å². The van der Waals surface area contributed by atoms with Gasteiger partial charge in [-0.05, 0) is 47.8 Å². The lowest BCUT2D eigenvalue weighted by atomic mass is 9.64. The van der Waals surface area contributed by atoms with Crippen LogP contribution in [0.5, 0.6) is 0 Å². The molecule has 2 nitrogen and oxygen atoms in total. The molecule has 2 aliphatic carbocycles. The van der Waals surface area contributed by atoms with E-state index in [2.05, 4.69) is 27.7 Å². The van der Waals surface area contributed by atoms with Gasteiger partial charge in [0.15, 0.2) is 0 Å². The van der Waals surface area contributed by atoms with Crippen LogP contribution in [0.25, 0.3) is 0 Å². The normalized spacial score (nSPS) is 24.3. The van der Waals surface area contributed by atoms with E-state index in [0.717, 1.165) is 24.4 Å². The van der Waals surface area contributed by atoms with Gasteiger partial charge in [-0.2, -0.15) is 0 Å². The summed E-state index contributed by atoms with van der Waals surface area (Å²) in [5.74, 6) is 5.09. The molecule has 0 aromatic rings. The first-order valence-corrected chi connectivity index (χ1v) is 13.5. The lowest BCUT2D eigenvalue weighted by Crippen LogP contribution is -2.35. The fourth-order valence-electron chi connectivity index (χ4n) is 7.19. The molecule has 0 amide bonds. The predicted molar refractivity (Wildman–Crippen MR) is 129 cm³/mol. The first kappa shape index (κ1) is 25.9. The Hall–Kier alpha value is -0.370. The Kier molecular flexibility index (Phi) is 12.0. The third-order valence-electron chi connectivity index (χ3n) is 8.94. The fraction of sp³-hybridized carbons (Fsp3) is 0.964. The van der Waals surface area contributed by atoms with E-state index in [4.69, 9.17) is 4.74 Å². The van der Waals surface area contributed by atoms with Gasteiger partial charge in [-0.3, -0.25) is 0 Å². The molecule has 5 atom stereocenters. The van der Waals surface area contributed by atoms with E-state index >= 15 is 0 Å². The second-order valence-electron chi connectivity index (χ2n) is 11.2. The van der Waals surface area contributed by atoms with Crippen molar-refractivity contribution >= 4 is 6.29 Å². The minimum absolute atomic E-state index is 0.233.